The summed E-state index contributed by atoms with van der Waals surface area (Å²) in [6.45, 7) is 6.90. The Hall–Kier alpha value is -1.63. The molecule has 0 bridgehead atoms. The average molecular weight is 286 g/mol. The second-order valence-corrected chi connectivity index (χ2v) is 6.87. The van der Waals surface area contributed by atoms with Gasteiger partial charge in [-0.1, -0.05) is 0 Å². The number of nitro benzene ring substituents is 1. The van der Waals surface area contributed by atoms with Gasteiger partial charge in [-0.2, -0.15) is 8.79 Å². The highest BCUT2D eigenvalue weighted by Gasteiger charge is 2.20. The standard InChI is InChI=1S/C12H15FN2O3S/c1-8(14-19(18)12(2,3)4)9-5-6-10(13)11(7-9)15(16)17/h5-7H,1-4H3/t19-/m1/s1. The highest BCUT2D eigenvalue weighted by atomic mass is 32.2. The second-order valence-electron chi connectivity index (χ2n) is 4.96. The summed E-state index contributed by atoms with van der Waals surface area (Å²) in [6, 6.07) is 3.47. The molecule has 0 spiro atoms. The quantitative estimate of drug-likeness (QED) is 0.487. The highest BCUT2D eigenvalue weighted by Crippen LogP contribution is 2.20. The molecule has 1 rings (SSSR count). The summed E-state index contributed by atoms with van der Waals surface area (Å²) >= 11 is 0. The lowest BCUT2D eigenvalue weighted by Crippen LogP contribution is -2.20. The Kier molecular flexibility index (Phi) is 4.52. The minimum absolute atomic E-state index is 0.372. The van der Waals surface area contributed by atoms with Gasteiger partial charge in [0.1, 0.15) is 11.0 Å². The number of rotatable bonds is 3. The topological polar surface area (TPSA) is 72.6 Å². The van der Waals surface area contributed by atoms with Gasteiger partial charge in [-0.3, -0.25) is 10.1 Å². The summed E-state index contributed by atoms with van der Waals surface area (Å²) in [4.78, 5) is 9.84. The Morgan fingerprint density at radius 1 is 1.42 bits per heavy atom. The van der Waals surface area contributed by atoms with Crippen molar-refractivity contribution in [1.29, 1.82) is 0 Å². The maximum Gasteiger partial charge on any atom is 0.305 e. The SMILES string of the molecule is CC(=N[S@](=O)C(C)(C)C)c1ccc(F)c([N+](=O)[O-])c1. The third-order valence-electron chi connectivity index (χ3n) is 2.30. The first-order valence-electron chi connectivity index (χ1n) is 5.54. The smallest absolute Gasteiger partial charge is 0.258 e. The molecule has 104 valence electrons. The maximum atomic E-state index is 13.2. The summed E-state index contributed by atoms with van der Waals surface area (Å²) in [5.41, 5.74) is 0.135. The molecular formula is C12H15FN2O3S. The molecule has 0 aliphatic heterocycles. The first-order valence-corrected chi connectivity index (χ1v) is 6.65. The van der Waals surface area contributed by atoms with E-state index in [2.05, 4.69) is 4.40 Å². The monoisotopic (exact) mass is 286 g/mol. The summed E-state index contributed by atoms with van der Waals surface area (Å²) in [7, 11) is -1.47. The molecule has 19 heavy (non-hydrogen) atoms. The average Bonchev–Trinajstić information content (AvgIpc) is 2.27. The van der Waals surface area contributed by atoms with Crippen LogP contribution in [0.25, 0.3) is 0 Å². The van der Waals surface area contributed by atoms with Gasteiger partial charge in [-0.25, -0.2) is 4.21 Å². The molecule has 5 nitrogen and oxygen atoms in total. The fourth-order valence-electron chi connectivity index (χ4n) is 1.19. The second kappa shape index (κ2) is 5.56. The third-order valence-corrected chi connectivity index (χ3v) is 3.79. The molecular weight excluding hydrogens is 271 g/mol. The van der Waals surface area contributed by atoms with Gasteiger partial charge in [0, 0.05) is 11.6 Å². The summed E-state index contributed by atoms with van der Waals surface area (Å²) < 4.78 is 28.5. The lowest BCUT2D eigenvalue weighted by Gasteiger charge is -2.14. The Labute approximate surface area is 113 Å². The van der Waals surface area contributed by atoms with Gasteiger partial charge >= 0.3 is 5.69 Å². The molecule has 0 saturated carbocycles. The van der Waals surface area contributed by atoms with Crippen molar-refractivity contribution in [3.8, 4) is 0 Å². The van der Waals surface area contributed by atoms with Crippen LogP contribution in [0.3, 0.4) is 0 Å². The van der Waals surface area contributed by atoms with Gasteiger partial charge in [0.25, 0.3) is 0 Å². The van der Waals surface area contributed by atoms with Crippen LogP contribution < -0.4 is 0 Å². The molecule has 1 aromatic carbocycles. The van der Waals surface area contributed by atoms with Gasteiger partial charge in [-0.05, 0) is 39.8 Å². The van der Waals surface area contributed by atoms with Crippen molar-refractivity contribution in [3.63, 3.8) is 0 Å². The van der Waals surface area contributed by atoms with Gasteiger partial charge in [0.2, 0.25) is 5.82 Å². The number of halogens is 1. The molecule has 0 amide bonds. The van der Waals surface area contributed by atoms with Crippen molar-refractivity contribution in [2.45, 2.75) is 32.4 Å². The molecule has 0 aromatic heterocycles. The molecule has 1 aromatic rings. The zero-order chi connectivity index (χ0) is 14.8. The van der Waals surface area contributed by atoms with E-state index in [1.807, 2.05) is 0 Å². The normalized spacial score (nSPS) is 14.3. The van der Waals surface area contributed by atoms with Crippen LogP contribution in [-0.4, -0.2) is 19.6 Å². The predicted octanol–water partition coefficient (Wildman–Crippen LogP) is 3.01. The van der Waals surface area contributed by atoms with Crippen LogP contribution in [0.4, 0.5) is 10.1 Å². The fraction of sp³-hybridized carbons (Fsp3) is 0.417. The Morgan fingerprint density at radius 3 is 2.47 bits per heavy atom. The predicted molar refractivity (Wildman–Crippen MR) is 73.2 cm³/mol. The molecule has 0 aliphatic carbocycles. The van der Waals surface area contributed by atoms with Crippen LogP contribution in [0.2, 0.25) is 0 Å². The van der Waals surface area contributed by atoms with Crippen molar-refractivity contribution in [3.05, 3.63) is 39.7 Å². The van der Waals surface area contributed by atoms with E-state index in [4.69, 9.17) is 0 Å². The maximum absolute atomic E-state index is 13.2. The molecule has 1 atom stereocenters. The number of benzene rings is 1. The lowest BCUT2D eigenvalue weighted by atomic mass is 10.1. The molecule has 0 N–H and O–H groups in total. The molecule has 0 aliphatic rings. The van der Waals surface area contributed by atoms with Gasteiger partial charge in [-0.15, -0.1) is 0 Å². The number of hydrogen-bond donors (Lipinski definition) is 0. The highest BCUT2D eigenvalue weighted by molar-refractivity contribution is 7.85. The van der Waals surface area contributed by atoms with E-state index in [0.717, 1.165) is 12.1 Å². The van der Waals surface area contributed by atoms with Crippen molar-refractivity contribution in [1.82, 2.24) is 0 Å². The number of hydrogen-bond acceptors (Lipinski definition) is 3. The van der Waals surface area contributed by atoms with Crippen LogP contribution in [0, 0.1) is 15.9 Å². The van der Waals surface area contributed by atoms with E-state index in [-0.39, 0.29) is 0 Å². The zero-order valence-corrected chi connectivity index (χ0v) is 12.0. The summed E-state index contributed by atoms with van der Waals surface area (Å²) in [5, 5.41) is 10.6. The van der Waals surface area contributed by atoms with Gasteiger partial charge in [0.05, 0.1) is 15.4 Å². The van der Waals surface area contributed by atoms with E-state index >= 15 is 0 Å². The van der Waals surface area contributed by atoms with Gasteiger partial charge < -0.3 is 0 Å². The molecule has 0 fully saturated rings. The van der Waals surface area contributed by atoms with Crippen molar-refractivity contribution >= 4 is 22.4 Å². The van der Waals surface area contributed by atoms with Crippen molar-refractivity contribution in [2.24, 2.45) is 4.40 Å². The Morgan fingerprint density at radius 2 is 2.00 bits per heavy atom. The van der Waals surface area contributed by atoms with E-state index < -0.39 is 32.2 Å². The van der Waals surface area contributed by atoms with E-state index in [0.29, 0.717) is 11.3 Å². The minimum atomic E-state index is -1.47. The lowest BCUT2D eigenvalue weighted by molar-refractivity contribution is -0.387. The van der Waals surface area contributed by atoms with Gasteiger partial charge in [0.15, 0.2) is 0 Å². The Bertz CT molecular complexity index is 565. The summed E-state index contributed by atoms with van der Waals surface area (Å²) in [5.74, 6) is -0.904. The van der Waals surface area contributed by atoms with Crippen LogP contribution in [-0.2, 0) is 11.0 Å². The molecule has 0 radical (unpaired) electrons. The minimum Gasteiger partial charge on any atom is -0.258 e. The molecule has 7 heteroatoms. The number of nitro groups is 1. The fourth-order valence-corrected chi connectivity index (χ4v) is 1.82. The van der Waals surface area contributed by atoms with E-state index in [9.17, 15) is 18.7 Å². The van der Waals surface area contributed by atoms with Crippen LogP contribution >= 0.6 is 0 Å². The van der Waals surface area contributed by atoms with Crippen LogP contribution in [0.15, 0.2) is 22.6 Å². The molecule has 0 heterocycles. The molecule has 0 saturated heterocycles. The largest absolute Gasteiger partial charge is 0.305 e. The van der Waals surface area contributed by atoms with E-state index in [1.54, 1.807) is 27.7 Å². The number of nitrogens with zero attached hydrogens (tertiary/aromatic N) is 2. The van der Waals surface area contributed by atoms with Crippen LogP contribution in [0.5, 0.6) is 0 Å². The van der Waals surface area contributed by atoms with Crippen LogP contribution in [0.1, 0.15) is 33.3 Å². The van der Waals surface area contributed by atoms with Crippen molar-refractivity contribution < 1.29 is 13.5 Å². The van der Waals surface area contributed by atoms with E-state index in [1.165, 1.54) is 6.07 Å². The third kappa shape index (κ3) is 3.92. The Balaban J connectivity index is 3.17. The summed E-state index contributed by atoms with van der Waals surface area (Å²) in [6.07, 6.45) is 0. The van der Waals surface area contributed by atoms with Crippen molar-refractivity contribution in [2.75, 3.05) is 0 Å². The first kappa shape index (κ1) is 15.4. The molecule has 0 unspecified atom stereocenters. The first-order chi connectivity index (χ1) is 8.62. The zero-order valence-electron chi connectivity index (χ0n) is 11.1.